The molecule has 29 heavy (non-hydrogen) atoms. The van der Waals surface area contributed by atoms with E-state index in [-0.39, 0.29) is 24.1 Å². The third-order valence-electron chi connectivity index (χ3n) is 5.33. The van der Waals surface area contributed by atoms with E-state index in [2.05, 4.69) is 0 Å². The lowest BCUT2D eigenvalue weighted by Gasteiger charge is -2.30. The number of amides is 1. The van der Waals surface area contributed by atoms with Crippen molar-refractivity contribution in [3.8, 4) is 5.75 Å². The van der Waals surface area contributed by atoms with Gasteiger partial charge in [-0.3, -0.25) is 14.2 Å². The van der Waals surface area contributed by atoms with Crippen LogP contribution < -0.4 is 9.64 Å². The Morgan fingerprint density at radius 1 is 1.21 bits per heavy atom. The first kappa shape index (κ1) is 20.6. The fourth-order valence-electron chi connectivity index (χ4n) is 3.99. The third-order valence-corrected chi connectivity index (χ3v) is 7.50. The lowest BCUT2D eigenvalue weighted by Crippen LogP contribution is -2.40. The minimum atomic E-state index is -4.06. The second-order valence-electron chi connectivity index (χ2n) is 7.33. The molecule has 2 fully saturated rings. The lowest BCUT2D eigenvalue weighted by atomic mass is 9.94. The molecule has 2 aliphatic heterocycles. The van der Waals surface area contributed by atoms with E-state index in [4.69, 9.17) is 21.5 Å². The van der Waals surface area contributed by atoms with E-state index in [1.807, 2.05) is 18.2 Å². The largest absolute Gasteiger partial charge is 0.437 e. The highest BCUT2D eigenvalue weighted by Gasteiger charge is 2.43. The molecule has 1 N–H and O–H groups in total. The van der Waals surface area contributed by atoms with E-state index in [1.54, 1.807) is 15.9 Å². The molecule has 0 spiro atoms. The van der Waals surface area contributed by atoms with Crippen molar-refractivity contribution in [2.24, 2.45) is 0 Å². The summed E-state index contributed by atoms with van der Waals surface area (Å²) < 4.78 is 37.8. The van der Waals surface area contributed by atoms with Crippen molar-refractivity contribution < 1.29 is 22.5 Å². The quantitative estimate of drug-likeness (QED) is 0.411. The highest BCUT2D eigenvalue weighted by Crippen LogP contribution is 2.45. The number of para-hydroxylation sites is 2. The molecule has 0 radical (unpaired) electrons. The van der Waals surface area contributed by atoms with Gasteiger partial charge in [-0.25, -0.2) is 0 Å². The number of anilines is 1. The Hall–Kier alpha value is -1.62. The average Bonchev–Trinajstić information content (AvgIpc) is 3.18. The summed E-state index contributed by atoms with van der Waals surface area (Å²) in [7, 11) is -4.06. The zero-order valence-electron chi connectivity index (χ0n) is 15.7. The molecule has 1 amide bonds. The predicted octanol–water partition coefficient (Wildman–Crippen LogP) is 3.53. The Balaban J connectivity index is 1.63. The topological polar surface area (TPSA) is 87.1 Å². The molecule has 156 valence electrons. The van der Waals surface area contributed by atoms with Crippen LogP contribution in [0.3, 0.4) is 0 Å². The van der Waals surface area contributed by atoms with Crippen molar-refractivity contribution >= 4 is 50.0 Å². The summed E-state index contributed by atoms with van der Waals surface area (Å²) in [6.45, 7) is 0.291. The summed E-state index contributed by atoms with van der Waals surface area (Å²) >= 11 is 6.76. The van der Waals surface area contributed by atoms with Crippen LogP contribution in [-0.2, 0) is 14.9 Å². The number of rotatable bonds is 5. The highest BCUT2D eigenvalue weighted by atomic mass is 32.2. The lowest BCUT2D eigenvalue weighted by molar-refractivity contribution is -0.124. The van der Waals surface area contributed by atoms with Gasteiger partial charge in [-0.1, -0.05) is 43.6 Å². The van der Waals surface area contributed by atoms with Gasteiger partial charge in [0.05, 0.1) is 11.4 Å². The van der Waals surface area contributed by atoms with Crippen LogP contribution in [0.5, 0.6) is 5.75 Å². The standard InChI is InChI=1S/C19H22N2O5S3/c22-17-16(28-19(27)21(17)13-7-2-1-3-8-13)18-20(11-6-12-29(23,24)25)14-9-4-5-10-15(14)26-18/h4-5,9-10,13H,1-3,6-8,11-12H2,(H,23,24,25). The minimum absolute atomic E-state index is 0.131. The van der Waals surface area contributed by atoms with Gasteiger partial charge in [0, 0.05) is 12.6 Å². The molecule has 1 saturated heterocycles. The summed E-state index contributed by atoms with van der Waals surface area (Å²) in [4.78, 5) is 17.2. The predicted molar refractivity (Wildman–Crippen MR) is 116 cm³/mol. The van der Waals surface area contributed by atoms with Crippen LogP contribution in [0, 0.1) is 0 Å². The van der Waals surface area contributed by atoms with Gasteiger partial charge in [0.2, 0.25) is 5.88 Å². The monoisotopic (exact) mass is 454 g/mol. The molecule has 4 rings (SSSR count). The maximum Gasteiger partial charge on any atom is 0.271 e. The van der Waals surface area contributed by atoms with Gasteiger partial charge in [0.1, 0.15) is 9.23 Å². The van der Waals surface area contributed by atoms with Gasteiger partial charge in [0.15, 0.2) is 5.75 Å². The van der Waals surface area contributed by atoms with E-state index >= 15 is 0 Å². The Bertz CT molecular complexity index is 970. The molecule has 0 unspecified atom stereocenters. The number of thioether (sulfide) groups is 1. The van der Waals surface area contributed by atoms with Gasteiger partial charge < -0.3 is 9.64 Å². The van der Waals surface area contributed by atoms with Crippen molar-refractivity contribution in [3.63, 3.8) is 0 Å². The van der Waals surface area contributed by atoms with Crippen molar-refractivity contribution in [1.29, 1.82) is 0 Å². The van der Waals surface area contributed by atoms with Crippen LogP contribution in [0.1, 0.15) is 38.5 Å². The second kappa shape index (κ2) is 8.25. The summed E-state index contributed by atoms with van der Waals surface area (Å²) in [6, 6.07) is 7.49. The van der Waals surface area contributed by atoms with E-state index < -0.39 is 10.1 Å². The molecule has 0 atom stereocenters. The first-order valence-electron chi connectivity index (χ1n) is 9.64. The van der Waals surface area contributed by atoms with Crippen LogP contribution in [0.2, 0.25) is 0 Å². The van der Waals surface area contributed by atoms with Crippen LogP contribution in [0.25, 0.3) is 0 Å². The van der Waals surface area contributed by atoms with E-state index in [1.165, 1.54) is 18.2 Å². The molecular formula is C19H22N2O5S3. The fraction of sp³-hybridized carbons (Fsp3) is 0.474. The maximum atomic E-state index is 13.2. The number of thiocarbonyl (C=S) groups is 1. The Labute approximate surface area is 179 Å². The number of benzene rings is 1. The molecule has 2 heterocycles. The molecule has 1 saturated carbocycles. The highest BCUT2D eigenvalue weighted by molar-refractivity contribution is 8.26. The Morgan fingerprint density at radius 2 is 1.93 bits per heavy atom. The molecule has 10 heteroatoms. The van der Waals surface area contributed by atoms with Gasteiger partial charge >= 0.3 is 0 Å². The fourth-order valence-corrected chi connectivity index (χ4v) is 5.90. The van der Waals surface area contributed by atoms with E-state index in [0.29, 0.717) is 27.4 Å². The molecule has 7 nitrogen and oxygen atoms in total. The van der Waals surface area contributed by atoms with E-state index in [9.17, 15) is 13.2 Å². The maximum absolute atomic E-state index is 13.2. The first-order chi connectivity index (χ1) is 13.8. The number of carbonyl (C=O) groups is 1. The van der Waals surface area contributed by atoms with Gasteiger partial charge in [-0.15, -0.1) is 0 Å². The zero-order valence-corrected chi connectivity index (χ0v) is 18.2. The number of carbonyl (C=O) groups excluding carboxylic acids is 1. The number of hydrogen-bond acceptors (Lipinski definition) is 7. The van der Waals surface area contributed by atoms with Crippen LogP contribution in [0.4, 0.5) is 5.69 Å². The van der Waals surface area contributed by atoms with E-state index in [0.717, 1.165) is 31.4 Å². The number of ether oxygens (including phenoxy) is 1. The van der Waals surface area contributed by atoms with Crippen LogP contribution in [0.15, 0.2) is 35.1 Å². The zero-order chi connectivity index (χ0) is 20.6. The summed E-state index contributed by atoms with van der Waals surface area (Å²) in [6.07, 6.45) is 5.48. The Morgan fingerprint density at radius 3 is 2.66 bits per heavy atom. The summed E-state index contributed by atoms with van der Waals surface area (Å²) in [5, 5.41) is 0. The molecule has 3 aliphatic rings. The molecule has 1 aromatic rings. The molecule has 1 aromatic carbocycles. The molecule has 0 bridgehead atoms. The first-order valence-corrected chi connectivity index (χ1v) is 12.5. The van der Waals surface area contributed by atoms with Crippen molar-refractivity contribution in [2.75, 3.05) is 17.2 Å². The SMILES string of the molecule is O=C1C(=C2Oc3ccccc3N2CCCS(=O)(=O)O)SC(=S)N1C1CCCCC1. The summed E-state index contributed by atoms with van der Waals surface area (Å²) in [5.74, 6) is 0.492. The normalized spacial score (nSPS) is 22.9. The second-order valence-corrected chi connectivity index (χ2v) is 10.5. The van der Waals surface area contributed by atoms with Crippen molar-refractivity contribution in [2.45, 2.75) is 44.6 Å². The minimum Gasteiger partial charge on any atom is -0.437 e. The van der Waals surface area contributed by atoms with Crippen molar-refractivity contribution in [3.05, 3.63) is 35.1 Å². The Kier molecular flexibility index (Phi) is 5.87. The van der Waals surface area contributed by atoms with Crippen LogP contribution in [-0.4, -0.2) is 46.4 Å². The molecular weight excluding hydrogens is 432 g/mol. The molecule has 1 aliphatic carbocycles. The number of fused-ring (bicyclic) bond motifs is 1. The number of hydrogen-bond donors (Lipinski definition) is 1. The third kappa shape index (κ3) is 4.30. The molecule has 0 aromatic heterocycles. The van der Waals surface area contributed by atoms with Gasteiger partial charge in [-0.2, -0.15) is 8.42 Å². The van der Waals surface area contributed by atoms with Crippen molar-refractivity contribution in [1.82, 2.24) is 4.90 Å². The number of nitrogens with zero attached hydrogens (tertiary/aromatic N) is 2. The average molecular weight is 455 g/mol. The smallest absolute Gasteiger partial charge is 0.271 e. The van der Waals surface area contributed by atoms with Crippen LogP contribution >= 0.6 is 24.0 Å². The summed E-state index contributed by atoms with van der Waals surface area (Å²) in [5.41, 5.74) is 0.765. The van der Waals surface area contributed by atoms with Gasteiger partial charge in [-0.05, 0) is 43.2 Å². The van der Waals surface area contributed by atoms with Gasteiger partial charge in [0.25, 0.3) is 16.0 Å².